The van der Waals surface area contributed by atoms with E-state index in [2.05, 4.69) is 4.98 Å². The molecule has 0 fully saturated rings. The maximum absolute atomic E-state index is 9.12. The van der Waals surface area contributed by atoms with Crippen molar-refractivity contribution < 1.29 is 5.11 Å². The van der Waals surface area contributed by atoms with Gasteiger partial charge in [0.2, 0.25) is 0 Å². The largest absolute Gasteiger partial charge is 0.495 e. The van der Waals surface area contributed by atoms with Crippen molar-refractivity contribution in [1.29, 1.82) is 0 Å². The minimum Gasteiger partial charge on any atom is -0.495 e. The van der Waals surface area contributed by atoms with E-state index in [1.807, 2.05) is 25.1 Å². The minimum absolute atomic E-state index is 0.231. The van der Waals surface area contributed by atoms with E-state index >= 15 is 0 Å². The van der Waals surface area contributed by atoms with E-state index in [1.54, 1.807) is 6.07 Å². The highest BCUT2D eigenvalue weighted by molar-refractivity contribution is 5.84. The number of aromatic nitrogens is 1. The Labute approximate surface area is 64.5 Å². The van der Waals surface area contributed by atoms with Gasteiger partial charge >= 0.3 is 0 Å². The molecule has 2 aromatic rings. The zero-order valence-corrected chi connectivity index (χ0v) is 6.26. The van der Waals surface area contributed by atoms with Crippen LogP contribution in [0.15, 0.2) is 24.3 Å². The number of benzene rings is 1. The fraction of sp³-hybridized carbons (Fsp3) is 0.111. The zero-order valence-electron chi connectivity index (χ0n) is 6.26. The Kier molecular flexibility index (Phi) is 1.15. The highest BCUT2D eigenvalue weighted by Crippen LogP contribution is 2.21. The van der Waals surface area contributed by atoms with Gasteiger partial charge in [-0.25, -0.2) is 0 Å². The van der Waals surface area contributed by atoms with Crippen LogP contribution >= 0.6 is 0 Å². The molecule has 0 atom stereocenters. The summed E-state index contributed by atoms with van der Waals surface area (Å²) in [5.74, 6) is 0.231. The van der Waals surface area contributed by atoms with Crippen molar-refractivity contribution in [2.45, 2.75) is 6.92 Å². The number of hydrogen-bond acceptors (Lipinski definition) is 1. The zero-order chi connectivity index (χ0) is 7.84. The number of para-hydroxylation sites is 1. The molecule has 0 bridgehead atoms. The Hall–Kier alpha value is -1.44. The molecule has 0 aliphatic heterocycles. The van der Waals surface area contributed by atoms with Crippen LogP contribution in [0.25, 0.3) is 10.9 Å². The fourth-order valence-electron chi connectivity index (χ4n) is 1.29. The molecular formula is C9H9NO. The number of aryl methyl sites for hydroxylation is 1. The van der Waals surface area contributed by atoms with Gasteiger partial charge in [0.05, 0.1) is 5.52 Å². The first kappa shape index (κ1) is 6.28. The van der Waals surface area contributed by atoms with Crippen LogP contribution in [0.2, 0.25) is 0 Å². The second kappa shape index (κ2) is 2.02. The van der Waals surface area contributed by atoms with E-state index in [-0.39, 0.29) is 5.88 Å². The van der Waals surface area contributed by atoms with Gasteiger partial charge in [0.15, 0.2) is 5.88 Å². The van der Waals surface area contributed by atoms with E-state index in [4.69, 9.17) is 5.11 Å². The van der Waals surface area contributed by atoms with Crippen molar-refractivity contribution in [2.24, 2.45) is 0 Å². The first-order valence-corrected chi connectivity index (χ1v) is 3.54. The molecule has 0 aliphatic carbocycles. The van der Waals surface area contributed by atoms with Crippen LogP contribution in [0.1, 0.15) is 5.56 Å². The number of hydrogen-bond donors (Lipinski definition) is 2. The summed E-state index contributed by atoms with van der Waals surface area (Å²) >= 11 is 0. The molecule has 1 heterocycles. The smallest absolute Gasteiger partial charge is 0.189 e. The van der Waals surface area contributed by atoms with Crippen molar-refractivity contribution >= 4 is 10.9 Å². The number of nitrogens with one attached hydrogen (secondary N) is 1. The first-order chi connectivity index (χ1) is 5.27. The van der Waals surface area contributed by atoms with Crippen LogP contribution in [0.4, 0.5) is 0 Å². The molecule has 1 aromatic heterocycles. The van der Waals surface area contributed by atoms with E-state index < -0.39 is 0 Å². The molecule has 0 saturated heterocycles. The van der Waals surface area contributed by atoms with Crippen LogP contribution in [0, 0.1) is 6.92 Å². The van der Waals surface area contributed by atoms with Crippen molar-refractivity contribution in [1.82, 2.24) is 4.98 Å². The van der Waals surface area contributed by atoms with Crippen molar-refractivity contribution in [3.63, 3.8) is 0 Å². The lowest BCUT2D eigenvalue weighted by Gasteiger charge is -1.92. The average molecular weight is 147 g/mol. The summed E-state index contributed by atoms with van der Waals surface area (Å²) < 4.78 is 0. The summed E-state index contributed by atoms with van der Waals surface area (Å²) in [6.45, 7) is 2.01. The molecule has 2 rings (SSSR count). The molecular weight excluding hydrogens is 138 g/mol. The molecule has 56 valence electrons. The Balaban J connectivity index is 2.90. The normalized spacial score (nSPS) is 10.6. The van der Waals surface area contributed by atoms with E-state index in [1.165, 1.54) is 0 Å². The van der Waals surface area contributed by atoms with Crippen molar-refractivity contribution in [3.8, 4) is 5.88 Å². The molecule has 2 heteroatoms. The summed E-state index contributed by atoms with van der Waals surface area (Å²) in [4.78, 5) is 2.88. The predicted octanol–water partition coefficient (Wildman–Crippen LogP) is 2.18. The van der Waals surface area contributed by atoms with Crippen LogP contribution < -0.4 is 0 Å². The minimum atomic E-state index is 0.231. The lowest BCUT2D eigenvalue weighted by Crippen LogP contribution is -1.73. The highest BCUT2D eigenvalue weighted by atomic mass is 16.3. The maximum Gasteiger partial charge on any atom is 0.189 e. The monoisotopic (exact) mass is 147 g/mol. The van der Waals surface area contributed by atoms with Crippen molar-refractivity contribution in [3.05, 3.63) is 29.8 Å². The lowest BCUT2D eigenvalue weighted by atomic mass is 10.2. The van der Waals surface area contributed by atoms with E-state index in [0.29, 0.717) is 0 Å². The van der Waals surface area contributed by atoms with Gasteiger partial charge in [0, 0.05) is 11.5 Å². The Morgan fingerprint density at radius 2 is 2.18 bits per heavy atom. The van der Waals surface area contributed by atoms with Gasteiger partial charge in [-0.15, -0.1) is 0 Å². The number of aromatic amines is 1. The van der Waals surface area contributed by atoms with Gasteiger partial charge in [0.1, 0.15) is 0 Å². The van der Waals surface area contributed by atoms with Gasteiger partial charge in [-0.05, 0) is 12.5 Å². The number of H-pyrrole nitrogens is 1. The molecule has 2 nitrogen and oxygen atoms in total. The van der Waals surface area contributed by atoms with E-state index in [9.17, 15) is 0 Å². The topological polar surface area (TPSA) is 36.0 Å². The molecule has 0 spiro atoms. The highest BCUT2D eigenvalue weighted by Gasteiger charge is 1.99. The summed E-state index contributed by atoms with van der Waals surface area (Å²) in [5.41, 5.74) is 2.17. The molecule has 11 heavy (non-hydrogen) atoms. The third-order valence-electron chi connectivity index (χ3n) is 1.85. The molecule has 2 N–H and O–H groups in total. The lowest BCUT2D eigenvalue weighted by molar-refractivity contribution is 0.458. The molecule has 0 amide bonds. The van der Waals surface area contributed by atoms with Crippen molar-refractivity contribution in [2.75, 3.05) is 0 Å². The van der Waals surface area contributed by atoms with E-state index in [0.717, 1.165) is 16.5 Å². The standard InChI is InChI=1S/C9H9NO/c1-6-3-2-4-7-5-8(11)10-9(6)7/h2-5,10-11H,1H3. The molecule has 0 aliphatic rings. The quantitative estimate of drug-likeness (QED) is 0.588. The van der Waals surface area contributed by atoms with Gasteiger partial charge in [-0.1, -0.05) is 18.2 Å². The van der Waals surface area contributed by atoms with Gasteiger partial charge in [-0.2, -0.15) is 0 Å². The summed E-state index contributed by atoms with van der Waals surface area (Å²) in [7, 11) is 0. The predicted molar refractivity (Wildman–Crippen MR) is 44.7 cm³/mol. The third kappa shape index (κ3) is 0.871. The van der Waals surface area contributed by atoms with Gasteiger partial charge < -0.3 is 10.1 Å². The Morgan fingerprint density at radius 3 is 2.91 bits per heavy atom. The van der Waals surface area contributed by atoms with Crippen LogP contribution in [-0.4, -0.2) is 10.1 Å². The number of aromatic hydroxyl groups is 1. The Morgan fingerprint density at radius 1 is 1.36 bits per heavy atom. The summed E-state index contributed by atoms with van der Waals surface area (Å²) in [6.07, 6.45) is 0. The summed E-state index contributed by atoms with van der Waals surface area (Å²) in [5, 5.41) is 10.2. The average Bonchev–Trinajstić information content (AvgIpc) is 2.31. The number of rotatable bonds is 0. The molecule has 0 unspecified atom stereocenters. The summed E-state index contributed by atoms with van der Waals surface area (Å²) in [6, 6.07) is 7.68. The molecule has 1 aromatic carbocycles. The second-order valence-electron chi connectivity index (χ2n) is 2.69. The van der Waals surface area contributed by atoms with Crippen LogP contribution in [-0.2, 0) is 0 Å². The maximum atomic E-state index is 9.12. The second-order valence-corrected chi connectivity index (χ2v) is 2.69. The first-order valence-electron chi connectivity index (χ1n) is 3.54. The fourth-order valence-corrected chi connectivity index (χ4v) is 1.29. The third-order valence-corrected chi connectivity index (χ3v) is 1.85. The van der Waals surface area contributed by atoms with Crippen LogP contribution in [0.5, 0.6) is 5.88 Å². The van der Waals surface area contributed by atoms with Gasteiger partial charge in [0.25, 0.3) is 0 Å². The Bertz CT molecular complexity index is 389. The molecule has 0 radical (unpaired) electrons. The van der Waals surface area contributed by atoms with Crippen LogP contribution in [0.3, 0.4) is 0 Å². The van der Waals surface area contributed by atoms with Gasteiger partial charge in [-0.3, -0.25) is 0 Å². The SMILES string of the molecule is Cc1cccc2cc(O)[nH]c12. The number of fused-ring (bicyclic) bond motifs is 1. The molecule has 0 saturated carbocycles.